The SMILES string of the molecule is Cc1ccc(Cl)c(NS(=O)(=O)c2cc(CO)ccc2C)c1. The second-order valence-corrected chi connectivity index (χ2v) is 6.90. The monoisotopic (exact) mass is 325 g/mol. The van der Waals surface area contributed by atoms with Gasteiger partial charge in [0.1, 0.15) is 0 Å². The lowest BCUT2D eigenvalue weighted by atomic mass is 10.2. The van der Waals surface area contributed by atoms with E-state index in [-0.39, 0.29) is 11.5 Å². The van der Waals surface area contributed by atoms with Crippen LogP contribution in [0.15, 0.2) is 41.3 Å². The topological polar surface area (TPSA) is 66.4 Å². The number of nitrogens with one attached hydrogen (secondary N) is 1. The fourth-order valence-electron chi connectivity index (χ4n) is 1.95. The molecule has 112 valence electrons. The first kappa shape index (κ1) is 15.8. The molecular formula is C15H16ClNO3S. The highest BCUT2D eigenvalue weighted by Gasteiger charge is 2.18. The average molecular weight is 326 g/mol. The second-order valence-electron chi connectivity index (χ2n) is 4.85. The molecule has 0 saturated heterocycles. The zero-order valence-corrected chi connectivity index (χ0v) is 13.3. The van der Waals surface area contributed by atoms with Crippen LogP contribution in [0.5, 0.6) is 0 Å². The summed E-state index contributed by atoms with van der Waals surface area (Å²) in [7, 11) is -3.76. The van der Waals surface area contributed by atoms with Crippen LogP contribution in [0.2, 0.25) is 5.02 Å². The van der Waals surface area contributed by atoms with Crippen LogP contribution in [0.1, 0.15) is 16.7 Å². The van der Waals surface area contributed by atoms with Crippen LogP contribution >= 0.6 is 11.6 Å². The Morgan fingerprint density at radius 2 is 1.86 bits per heavy atom. The Labute approximate surface area is 129 Å². The lowest BCUT2D eigenvalue weighted by Crippen LogP contribution is -2.15. The molecule has 2 N–H and O–H groups in total. The number of rotatable bonds is 4. The van der Waals surface area contributed by atoms with Gasteiger partial charge in [0.15, 0.2) is 0 Å². The summed E-state index contributed by atoms with van der Waals surface area (Å²) in [6.07, 6.45) is 0. The number of halogens is 1. The third-order valence-electron chi connectivity index (χ3n) is 3.09. The Kier molecular flexibility index (Phi) is 4.56. The van der Waals surface area contributed by atoms with Crippen molar-refractivity contribution in [2.75, 3.05) is 4.72 Å². The van der Waals surface area contributed by atoms with Gasteiger partial charge in [0.25, 0.3) is 10.0 Å². The van der Waals surface area contributed by atoms with Crippen molar-refractivity contribution in [3.8, 4) is 0 Å². The molecule has 0 aliphatic carbocycles. The first-order valence-corrected chi connectivity index (χ1v) is 8.19. The molecule has 0 fully saturated rings. The van der Waals surface area contributed by atoms with E-state index in [1.807, 2.05) is 6.92 Å². The molecule has 0 heterocycles. The molecular weight excluding hydrogens is 310 g/mol. The van der Waals surface area contributed by atoms with E-state index in [1.54, 1.807) is 37.3 Å². The summed E-state index contributed by atoms with van der Waals surface area (Å²) in [5.41, 5.74) is 2.38. The van der Waals surface area contributed by atoms with Gasteiger partial charge >= 0.3 is 0 Å². The Morgan fingerprint density at radius 1 is 1.14 bits per heavy atom. The molecule has 0 atom stereocenters. The molecule has 0 radical (unpaired) electrons. The van der Waals surface area contributed by atoms with Gasteiger partial charge in [-0.2, -0.15) is 0 Å². The van der Waals surface area contributed by atoms with Crippen molar-refractivity contribution in [3.05, 3.63) is 58.1 Å². The number of benzene rings is 2. The summed E-state index contributed by atoms with van der Waals surface area (Å²) in [4.78, 5) is 0.131. The van der Waals surface area contributed by atoms with Gasteiger partial charge in [0, 0.05) is 0 Å². The van der Waals surface area contributed by atoms with E-state index < -0.39 is 10.0 Å². The lowest BCUT2D eigenvalue weighted by Gasteiger charge is -2.13. The Morgan fingerprint density at radius 3 is 2.52 bits per heavy atom. The van der Waals surface area contributed by atoms with Crippen LogP contribution in [0.4, 0.5) is 5.69 Å². The molecule has 2 aromatic carbocycles. The number of aliphatic hydroxyl groups is 1. The fraction of sp³-hybridized carbons (Fsp3) is 0.200. The molecule has 0 saturated carbocycles. The molecule has 2 aromatic rings. The molecule has 0 spiro atoms. The van der Waals surface area contributed by atoms with Gasteiger partial charge in [0.05, 0.1) is 22.2 Å². The molecule has 0 amide bonds. The van der Waals surface area contributed by atoms with Gasteiger partial charge in [-0.15, -0.1) is 0 Å². The fourth-order valence-corrected chi connectivity index (χ4v) is 3.54. The van der Waals surface area contributed by atoms with Gasteiger partial charge in [-0.05, 0) is 48.7 Å². The third kappa shape index (κ3) is 3.56. The first-order chi connectivity index (χ1) is 9.83. The van der Waals surface area contributed by atoms with Gasteiger partial charge in [0.2, 0.25) is 0 Å². The number of sulfonamides is 1. The van der Waals surface area contributed by atoms with Crippen LogP contribution in [0.25, 0.3) is 0 Å². The van der Waals surface area contributed by atoms with E-state index >= 15 is 0 Å². The number of aliphatic hydroxyl groups excluding tert-OH is 1. The first-order valence-electron chi connectivity index (χ1n) is 6.33. The molecule has 2 rings (SSSR count). The van der Waals surface area contributed by atoms with E-state index in [2.05, 4.69) is 4.72 Å². The average Bonchev–Trinajstić information content (AvgIpc) is 2.43. The summed E-state index contributed by atoms with van der Waals surface area (Å²) >= 11 is 6.02. The highest BCUT2D eigenvalue weighted by Crippen LogP contribution is 2.27. The Bertz CT molecular complexity index is 772. The van der Waals surface area contributed by atoms with Crippen molar-refractivity contribution in [3.63, 3.8) is 0 Å². The minimum atomic E-state index is -3.76. The van der Waals surface area contributed by atoms with E-state index in [4.69, 9.17) is 16.7 Å². The minimum absolute atomic E-state index is 0.131. The summed E-state index contributed by atoms with van der Waals surface area (Å²) in [5, 5.41) is 9.49. The van der Waals surface area contributed by atoms with Crippen LogP contribution in [0.3, 0.4) is 0 Å². The lowest BCUT2D eigenvalue weighted by molar-refractivity contribution is 0.281. The smallest absolute Gasteiger partial charge is 0.262 e. The van der Waals surface area contributed by atoms with E-state index in [0.29, 0.717) is 21.8 Å². The van der Waals surface area contributed by atoms with Crippen molar-refractivity contribution in [2.24, 2.45) is 0 Å². The summed E-state index contributed by atoms with van der Waals surface area (Å²) in [5.74, 6) is 0. The van der Waals surface area contributed by atoms with Crippen molar-refractivity contribution in [2.45, 2.75) is 25.3 Å². The summed E-state index contributed by atoms with van der Waals surface area (Å²) in [6, 6.07) is 9.93. The highest BCUT2D eigenvalue weighted by molar-refractivity contribution is 7.92. The van der Waals surface area contributed by atoms with Gasteiger partial charge in [-0.3, -0.25) is 4.72 Å². The van der Waals surface area contributed by atoms with Crippen LogP contribution in [0, 0.1) is 13.8 Å². The Balaban J connectivity index is 2.45. The minimum Gasteiger partial charge on any atom is -0.392 e. The van der Waals surface area contributed by atoms with Crippen molar-refractivity contribution >= 4 is 27.3 Å². The maximum absolute atomic E-state index is 12.5. The third-order valence-corrected chi connectivity index (χ3v) is 4.93. The maximum atomic E-state index is 12.5. The molecule has 0 aliphatic heterocycles. The van der Waals surface area contributed by atoms with Gasteiger partial charge in [-0.25, -0.2) is 8.42 Å². The van der Waals surface area contributed by atoms with E-state index in [9.17, 15) is 8.42 Å². The van der Waals surface area contributed by atoms with Crippen molar-refractivity contribution in [1.29, 1.82) is 0 Å². The number of anilines is 1. The molecule has 0 unspecified atom stereocenters. The standard InChI is InChI=1S/C15H16ClNO3S/c1-10-3-6-13(16)14(7-10)17-21(19,20)15-8-12(9-18)5-4-11(15)2/h3-8,17-18H,9H2,1-2H3. The zero-order valence-electron chi connectivity index (χ0n) is 11.7. The molecule has 6 heteroatoms. The number of aryl methyl sites for hydroxylation is 2. The quantitative estimate of drug-likeness (QED) is 0.906. The zero-order chi connectivity index (χ0) is 15.6. The van der Waals surface area contributed by atoms with Crippen molar-refractivity contribution in [1.82, 2.24) is 0 Å². The van der Waals surface area contributed by atoms with E-state index in [1.165, 1.54) is 6.07 Å². The van der Waals surface area contributed by atoms with Crippen molar-refractivity contribution < 1.29 is 13.5 Å². The predicted octanol–water partition coefficient (Wildman–Crippen LogP) is 3.25. The normalized spacial score (nSPS) is 11.4. The molecule has 0 aromatic heterocycles. The van der Waals surface area contributed by atoms with Gasteiger partial charge < -0.3 is 5.11 Å². The molecule has 21 heavy (non-hydrogen) atoms. The van der Waals surface area contributed by atoms with Crippen LogP contribution in [-0.2, 0) is 16.6 Å². The van der Waals surface area contributed by atoms with Crippen LogP contribution < -0.4 is 4.72 Å². The Hall–Kier alpha value is -1.56. The maximum Gasteiger partial charge on any atom is 0.262 e. The summed E-state index contributed by atoms with van der Waals surface area (Å²) in [6.45, 7) is 3.34. The molecule has 0 bridgehead atoms. The molecule has 0 aliphatic rings. The number of hydrogen-bond acceptors (Lipinski definition) is 3. The van der Waals surface area contributed by atoms with Crippen LogP contribution in [-0.4, -0.2) is 13.5 Å². The predicted molar refractivity (Wildman–Crippen MR) is 84.1 cm³/mol. The second kappa shape index (κ2) is 6.05. The number of hydrogen-bond donors (Lipinski definition) is 2. The van der Waals surface area contributed by atoms with Gasteiger partial charge in [-0.1, -0.05) is 29.8 Å². The summed E-state index contributed by atoms with van der Waals surface area (Å²) < 4.78 is 27.5. The highest BCUT2D eigenvalue weighted by atomic mass is 35.5. The van der Waals surface area contributed by atoms with E-state index in [0.717, 1.165) is 5.56 Å². The largest absolute Gasteiger partial charge is 0.392 e. The molecule has 4 nitrogen and oxygen atoms in total.